The van der Waals surface area contributed by atoms with E-state index in [1.165, 1.54) is 0 Å². The molecule has 1 aromatic heterocycles. The van der Waals surface area contributed by atoms with Gasteiger partial charge in [-0.1, -0.05) is 0 Å². The summed E-state index contributed by atoms with van der Waals surface area (Å²) in [6.45, 7) is 7.60. The molecule has 1 unspecified atom stereocenters. The molecule has 3 heteroatoms. The van der Waals surface area contributed by atoms with Crippen LogP contribution in [0, 0.1) is 6.92 Å². The van der Waals surface area contributed by atoms with Crippen molar-refractivity contribution in [2.75, 3.05) is 7.11 Å². The van der Waals surface area contributed by atoms with Gasteiger partial charge in [0, 0.05) is 12.0 Å². The molecular weight excluding hydrogens is 196 g/mol. The van der Waals surface area contributed by atoms with Crippen LogP contribution in [0.1, 0.15) is 31.2 Å². The van der Waals surface area contributed by atoms with E-state index < -0.39 is 11.2 Å². The van der Waals surface area contributed by atoms with Gasteiger partial charge in [-0.3, -0.25) is 0 Å². The van der Waals surface area contributed by atoms with Crippen LogP contribution in [0.15, 0.2) is 11.4 Å². The van der Waals surface area contributed by atoms with Gasteiger partial charge in [-0.25, -0.2) is 0 Å². The van der Waals surface area contributed by atoms with Crippen LogP contribution >= 0.6 is 11.3 Å². The molecule has 0 bridgehead atoms. The van der Waals surface area contributed by atoms with Crippen LogP contribution in [0.2, 0.25) is 0 Å². The monoisotopic (exact) mass is 214 g/mol. The first-order chi connectivity index (χ1) is 6.33. The molecule has 0 aliphatic carbocycles. The average Bonchev–Trinajstić information content (AvgIpc) is 2.51. The summed E-state index contributed by atoms with van der Waals surface area (Å²) in [5.41, 5.74) is -0.584. The highest BCUT2D eigenvalue weighted by Crippen LogP contribution is 2.37. The van der Waals surface area contributed by atoms with Gasteiger partial charge in [0.2, 0.25) is 0 Å². The smallest absolute Gasteiger partial charge is 0.116 e. The van der Waals surface area contributed by atoms with Crippen LogP contribution in [-0.2, 0) is 10.3 Å². The van der Waals surface area contributed by atoms with Gasteiger partial charge in [0.1, 0.15) is 5.60 Å². The Morgan fingerprint density at radius 1 is 1.36 bits per heavy atom. The topological polar surface area (TPSA) is 29.5 Å². The summed E-state index contributed by atoms with van der Waals surface area (Å²) in [6.07, 6.45) is 0. The third-order valence-electron chi connectivity index (χ3n) is 3.07. The highest BCUT2D eigenvalue weighted by Gasteiger charge is 2.42. The Kier molecular flexibility index (Phi) is 3.04. The summed E-state index contributed by atoms with van der Waals surface area (Å²) in [4.78, 5) is 1.14. The van der Waals surface area contributed by atoms with Crippen molar-refractivity contribution in [3.8, 4) is 0 Å². The van der Waals surface area contributed by atoms with E-state index in [1.54, 1.807) is 25.4 Å². The summed E-state index contributed by atoms with van der Waals surface area (Å²) in [7, 11) is 1.62. The maximum absolute atomic E-state index is 10.5. The minimum Gasteiger partial charge on any atom is -0.382 e. The fourth-order valence-electron chi connectivity index (χ4n) is 1.41. The number of aryl methyl sites for hydroxylation is 1. The van der Waals surface area contributed by atoms with Crippen molar-refractivity contribution in [2.24, 2.45) is 0 Å². The van der Waals surface area contributed by atoms with Crippen molar-refractivity contribution in [1.82, 2.24) is 0 Å². The zero-order valence-electron chi connectivity index (χ0n) is 9.42. The Labute approximate surface area is 89.5 Å². The zero-order valence-corrected chi connectivity index (χ0v) is 10.2. The van der Waals surface area contributed by atoms with E-state index in [9.17, 15) is 5.11 Å². The first-order valence-corrected chi connectivity index (χ1v) is 5.53. The average molecular weight is 214 g/mol. The molecule has 0 amide bonds. The van der Waals surface area contributed by atoms with E-state index in [0.29, 0.717) is 0 Å². The number of thiophene rings is 1. The molecule has 0 fully saturated rings. The van der Waals surface area contributed by atoms with E-state index in [0.717, 1.165) is 10.4 Å². The van der Waals surface area contributed by atoms with E-state index in [-0.39, 0.29) is 0 Å². The van der Waals surface area contributed by atoms with Crippen molar-refractivity contribution >= 4 is 11.3 Å². The molecule has 0 aliphatic rings. The molecular formula is C11H18O2S. The first kappa shape index (κ1) is 11.7. The number of ether oxygens (including phenoxy) is 1. The number of hydrogen-bond acceptors (Lipinski definition) is 3. The molecule has 14 heavy (non-hydrogen) atoms. The molecule has 0 saturated carbocycles. The molecule has 0 aromatic carbocycles. The van der Waals surface area contributed by atoms with Crippen molar-refractivity contribution < 1.29 is 9.84 Å². The molecule has 0 saturated heterocycles. The summed E-state index contributed by atoms with van der Waals surface area (Å²) >= 11 is 1.64. The standard InChI is InChI=1S/C11H18O2S/c1-8-9(6-7-14-8)11(4,12)10(2,3)13-5/h6-7,12H,1-5H3. The van der Waals surface area contributed by atoms with Gasteiger partial charge < -0.3 is 9.84 Å². The van der Waals surface area contributed by atoms with Gasteiger partial charge >= 0.3 is 0 Å². The lowest BCUT2D eigenvalue weighted by molar-refractivity contribution is -0.145. The Morgan fingerprint density at radius 2 is 1.93 bits per heavy atom. The fraction of sp³-hybridized carbons (Fsp3) is 0.636. The lowest BCUT2D eigenvalue weighted by Gasteiger charge is -2.39. The normalized spacial score (nSPS) is 16.7. The zero-order chi connectivity index (χ0) is 11.0. The molecule has 1 atom stereocenters. The number of methoxy groups -OCH3 is 1. The van der Waals surface area contributed by atoms with E-state index >= 15 is 0 Å². The summed E-state index contributed by atoms with van der Waals surface area (Å²) in [6, 6.07) is 1.96. The maximum Gasteiger partial charge on any atom is 0.116 e. The lowest BCUT2D eigenvalue weighted by Crippen LogP contribution is -2.46. The second-order valence-corrected chi connectivity index (χ2v) is 5.30. The molecule has 0 spiro atoms. The van der Waals surface area contributed by atoms with Crippen LogP contribution in [0.4, 0.5) is 0 Å². The van der Waals surface area contributed by atoms with Crippen molar-refractivity contribution in [2.45, 2.75) is 38.9 Å². The highest BCUT2D eigenvalue weighted by atomic mass is 32.1. The predicted octanol–water partition coefficient (Wildman–Crippen LogP) is 2.69. The summed E-state index contributed by atoms with van der Waals surface area (Å²) in [5, 5.41) is 12.5. The Balaban J connectivity index is 3.14. The van der Waals surface area contributed by atoms with Crippen LogP contribution in [0.3, 0.4) is 0 Å². The minimum atomic E-state index is -0.953. The van der Waals surface area contributed by atoms with Crippen LogP contribution in [0.5, 0.6) is 0 Å². The molecule has 0 radical (unpaired) electrons. The van der Waals surface area contributed by atoms with Crippen LogP contribution in [0.25, 0.3) is 0 Å². The number of rotatable bonds is 3. The molecule has 1 aromatic rings. The van der Waals surface area contributed by atoms with Gasteiger partial charge in [0.05, 0.1) is 5.60 Å². The Morgan fingerprint density at radius 3 is 2.29 bits per heavy atom. The van der Waals surface area contributed by atoms with E-state index in [2.05, 4.69) is 0 Å². The van der Waals surface area contributed by atoms with Gasteiger partial charge in [-0.2, -0.15) is 0 Å². The molecule has 1 N–H and O–H groups in total. The lowest BCUT2D eigenvalue weighted by atomic mass is 9.81. The van der Waals surface area contributed by atoms with Crippen LogP contribution < -0.4 is 0 Å². The van der Waals surface area contributed by atoms with Crippen molar-refractivity contribution in [3.63, 3.8) is 0 Å². The van der Waals surface area contributed by atoms with E-state index in [1.807, 2.05) is 32.2 Å². The number of hydrogen-bond donors (Lipinski definition) is 1. The fourth-order valence-corrected chi connectivity index (χ4v) is 2.22. The van der Waals surface area contributed by atoms with Gasteiger partial charge in [-0.15, -0.1) is 11.3 Å². The molecule has 2 nitrogen and oxygen atoms in total. The molecule has 1 rings (SSSR count). The van der Waals surface area contributed by atoms with E-state index in [4.69, 9.17) is 4.74 Å². The third kappa shape index (κ3) is 1.72. The Bertz CT molecular complexity index is 313. The highest BCUT2D eigenvalue weighted by molar-refractivity contribution is 7.10. The second kappa shape index (κ2) is 3.65. The quantitative estimate of drug-likeness (QED) is 0.838. The largest absolute Gasteiger partial charge is 0.382 e. The third-order valence-corrected chi connectivity index (χ3v) is 3.91. The summed E-state index contributed by atoms with van der Waals surface area (Å²) < 4.78 is 5.34. The molecule has 0 aliphatic heterocycles. The SMILES string of the molecule is COC(C)(C)C(C)(O)c1ccsc1C. The summed E-state index contributed by atoms with van der Waals surface area (Å²) in [5.74, 6) is 0. The van der Waals surface area contributed by atoms with Crippen LogP contribution in [-0.4, -0.2) is 17.8 Å². The van der Waals surface area contributed by atoms with Gasteiger partial charge in [0.25, 0.3) is 0 Å². The molecule has 80 valence electrons. The van der Waals surface area contributed by atoms with Gasteiger partial charge in [0.15, 0.2) is 0 Å². The first-order valence-electron chi connectivity index (χ1n) is 4.65. The van der Waals surface area contributed by atoms with Crippen molar-refractivity contribution in [1.29, 1.82) is 0 Å². The molecule has 1 heterocycles. The predicted molar refractivity (Wildman–Crippen MR) is 59.7 cm³/mol. The van der Waals surface area contributed by atoms with Crippen molar-refractivity contribution in [3.05, 3.63) is 21.9 Å². The number of aliphatic hydroxyl groups is 1. The van der Waals surface area contributed by atoms with Gasteiger partial charge in [-0.05, 0) is 44.7 Å². The Hall–Kier alpha value is -0.380. The minimum absolute atomic E-state index is 0.584. The maximum atomic E-state index is 10.5. The second-order valence-electron chi connectivity index (χ2n) is 4.18.